The number of ether oxygens (including phenoxy) is 1. The van der Waals surface area contributed by atoms with Crippen molar-refractivity contribution < 1.29 is 18.3 Å². The fourth-order valence-electron chi connectivity index (χ4n) is 2.89. The van der Waals surface area contributed by atoms with Gasteiger partial charge in [0.1, 0.15) is 0 Å². The molecule has 0 radical (unpaired) electrons. The molecular formula is C13H17NO4S. The van der Waals surface area contributed by atoms with Gasteiger partial charge in [0, 0.05) is 18.6 Å². The molecule has 4 atom stereocenters. The van der Waals surface area contributed by atoms with E-state index in [2.05, 4.69) is 4.72 Å². The maximum Gasteiger partial charge on any atom is 0.240 e. The molecule has 1 aromatic carbocycles. The lowest BCUT2D eigenvalue weighted by Gasteiger charge is -2.22. The number of epoxide rings is 1. The molecule has 0 bridgehead atoms. The predicted octanol–water partition coefficient (Wildman–Crippen LogP) is 0.503. The summed E-state index contributed by atoms with van der Waals surface area (Å²) in [5.74, 6) is 0.0773. The van der Waals surface area contributed by atoms with Gasteiger partial charge in [0.15, 0.2) is 0 Å². The average molecular weight is 283 g/mol. The van der Waals surface area contributed by atoms with Crippen molar-refractivity contribution in [1.82, 2.24) is 4.72 Å². The van der Waals surface area contributed by atoms with Gasteiger partial charge in [-0.25, -0.2) is 13.1 Å². The molecule has 1 aromatic rings. The molecule has 0 aromatic heterocycles. The van der Waals surface area contributed by atoms with Gasteiger partial charge < -0.3 is 9.84 Å². The number of benzene rings is 1. The fourth-order valence-corrected chi connectivity index (χ4v) is 4.21. The minimum atomic E-state index is -3.48. The number of hydrogen-bond donors (Lipinski definition) is 2. The molecule has 19 heavy (non-hydrogen) atoms. The number of rotatable bonds is 5. The second kappa shape index (κ2) is 4.86. The van der Waals surface area contributed by atoms with Crippen molar-refractivity contribution >= 4 is 10.0 Å². The second-order valence-electron chi connectivity index (χ2n) is 5.09. The van der Waals surface area contributed by atoms with Crippen LogP contribution in [0.15, 0.2) is 35.2 Å². The van der Waals surface area contributed by atoms with Crippen LogP contribution in [0.5, 0.6) is 0 Å². The number of aliphatic hydroxyl groups is 1. The third kappa shape index (κ3) is 2.53. The van der Waals surface area contributed by atoms with Gasteiger partial charge in [-0.15, -0.1) is 0 Å². The molecule has 1 aliphatic carbocycles. The first kappa shape index (κ1) is 13.1. The molecule has 2 aliphatic rings. The van der Waals surface area contributed by atoms with Gasteiger partial charge in [0.2, 0.25) is 10.0 Å². The summed E-state index contributed by atoms with van der Waals surface area (Å²) in [6.07, 6.45) is 1.56. The Bertz CT molecular complexity index is 545. The Morgan fingerprint density at radius 3 is 2.74 bits per heavy atom. The molecule has 3 rings (SSSR count). The first-order chi connectivity index (χ1) is 9.12. The van der Waals surface area contributed by atoms with E-state index >= 15 is 0 Å². The summed E-state index contributed by atoms with van der Waals surface area (Å²) in [4.78, 5) is 0.277. The second-order valence-corrected chi connectivity index (χ2v) is 6.81. The average Bonchev–Trinajstić information content (AvgIpc) is 3.08. The molecule has 1 aliphatic heterocycles. The van der Waals surface area contributed by atoms with Crippen LogP contribution in [0, 0.1) is 5.92 Å². The van der Waals surface area contributed by atoms with Gasteiger partial charge in [-0.2, -0.15) is 0 Å². The normalized spacial score (nSPS) is 33.1. The summed E-state index contributed by atoms with van der Waals surface area (Å²) in [7, 11) is -3.48. The van der Waals surface area contributed by atoms with Gasteiger partial charge >= 0.3 is 0 Å². The smallest absolute Gasteiger partial charge is 0.240 e. The lowest BCUT2D eigenvalue weighted by molar-refractivity contribution is 0.187. The zero-order valence-corrected chi connectivity index (χ0v) is 11.2. The standard InChI is InChI=1S/C13H17NO4S/c15-7-6-10-11(8-12-13(10)18-12)14-19(16,17)9-4-2-1-3-5-9/h1-5,10-15H,6-8H2/t10-,11+,12+,13-/m1/s1. The van der Waals surface area contributed by atoms with E-state index in [0.717, 1.165) is 0 Å². The lowest BCUT2D eigenvalue weighted by atomic mass is 10.00. The van der Waals surface area contributed by atoms with Crippen molar-refractivity contribution in [2.24, 2.45) is 5.92 Å². The van der Waals surface area contributed by atoms with E-state index in [9.17, 15) is 8.42 Å². The highest BCUT2D eigenvalue weighted by atomic mass is 32.2. The van der Waals surface area contributed by atoms with Crippen LogP contribution in [0.25, 0.3) is 0 Å². The van der Waals surface area contributed by atoms with Crippen LogP contribution >= 0.6 is 0 Å². The summed E-state index contributed by atoms with van der Waals surface area (Å²) in [6, 6.07) is 8.21. The molecule has 1 heterocycles. The van der Waals surface area contributed by atoms with Gasteiger partial charge in [-0.3, -0.25) is 0 Å². The Kier molecular flexibility index (Phi) is 3.34. The lowest BCUT2D eigenvalue weighted by Crippen LogP contribution is -2.40. The number of aliphatic hydroxyl groups excluding tert-OH is 1. The molecule has 6 heteroatoms. The van der Waals surface area contributed by atoms with Gasteiger partial charge in [0.05, 0.1) is 17.1 Å². The molecule has 1 saturated carbocycles. The highest BCUT2D eigenvalue weighted by molar-refractivity contribution is 7.89. The quantitative estimate of drug-likeness (QED) is 0.771. The van der Waals surface area contributed by atoms with Crippen LogP contribution in [-0.2, 0) is 14.8 Å². The zero-order valence-electron chi connectivity index (χ0n) is 10.4. The Balaban J connectivity index is 1.74. The highest BCUT2D eigenvalue weighted by Gasteiger charge is 2.55. The van der Waals surface area contributed by atoms with E-state index in [1.165, 1.54) is 0 Å². The van der Waals surface area contributed by atoms with E-state index in [0.29, 0.717) is 12.8 Å². The van der Waals surface area contributed by atoms with Crippen molar-refractivity contribution in [3.05, 3.63) is 30.3 Å². The predicted molar refractivity (Wildman–Crippen MR) is 69.0 cm³/mol. The van der Waals surface area contributed by atoms with Crippen molar-refractivity contribution in [2.45, 2.75) is 36.0 Å². The summed E-state index contributed by atoms with van der Waals surface area (Å²) >= 11 is 0. The molecule has 0 unspecified atom stereocenters. The van der Waals surface area contributed by atoms with E-state index < -0.39 is 10.0 Å². The summed E-state index contributed by atoms with van der Waals surface area (Å²) in [5, 5.41) is 9.06. The van der Waals surface area contributed by atoms with Crippen LogP contribution < -0.4 is 4.72 Å². The Labute approximate surface area is 112 Å². The minimum absolute atomic E-state index is 0.0564. The monoisotopic (exact) mass is 283 g/mol. The van der Waals surface area contributed by atoms with Gasteiger partial charge in [-0.1, -0.05) is 18.2 Å². The third-order valence-electron chi connectivity index (χ3n) is 3.87. The van der Waals surface area contributed by atoms with Gasteiger partial charge in [0.25, 0.3) is 0 Å². The molecule has 5 nitrogen and oxygen atoms in total. The van der Waals surface area contributed by atoms with Crippen molar-refractivity contribution in [1.29, 1.82) is 0 Å². The summed E-state index contributed by atoms with van der Waals surface area (Å²) < 4.78 is 32.7. The topological polar surface area (TPSA) is 78.9 Å². The van der Waals surface area contributed by atoms with Crippen LogP contribution in [0.1, 0.15) is 12.8 Å². The highest BCUT2D eigenvalue weighted by Crippen LogP contribution is 2.45. The number of fused-ring (bicyclic) bond motifs is 1. The minimum Gasteiger partial charge on any atom is -0.396 e. The molecule has 0 spiro atoms. The van der Waals surface area contributed by atoms with Crippen molar-refractivity contribution in [2.75, 3.05) is 6.61 Å². The van der Waals surface area contributed by atoms with Crippen molar-refractivity contribution in [3.8, 4) is 0 Å². The molecule has 1 saturated heterocycles. The molecule has 2 fully saturated rings. The molecular weight excluding hydrogens is 266 g/mol. The number of nitrogens with one attached hydrogen (secondary N) is 1. The number of sulfonamides is 1. The van der Waals surface area contributed by atoms with Crippen molar-refractivity contribution in [3.63, 3.8) is 0 Å². The maximum atomic E-state index is 12.2. The maximum absolute atomic E-state index is 12.2. The van der Waals surface area contributed by atoms with E-state index in [4.69, 9.17) is 9.84 Å². The van der Waals surface area contributed by atoms with Gasteiger partial charge in [-0.05, 0) is 25.0 Å². The SMILES string of the molecule is O=S(=O)(N[C@H]1C[C@@H]2O[C@@H]2[C@@H]1CCO)c1ccccc1. The van der Waals surface area contributed by atoms with Crippen LogP contribution in [-0.4, -0.2) is 38.4 Å². The summed E-state index contributed by atoms with van der Waals surface area (Å²) in [6.45, 7) is 0.0564. The first-order valence-electron chi connectivity index (χ1n) is 6.45. The molecule has 0 amide bonds. The largest absolute Gasteiger partial charge is 0.396 e. The van der Waals surface area contributed by atoms with E-state index in [1.807, 2.05) is 0 Å². The number of hydrogen-bond acceptors (Lipinski definition) is 4. The Morgan fingerprint density at radius 1 is 1.32 bits per heavy atom. The first-order valence-corrected chi connectivity index (χ1v) is 7.94. The van der Waals surface area contributed by atoms with E-state index in [1.54, 1.807) is 30.3 Å². The molecule has 104 valence electrons. The fraction of sp³-hybridized carbons (Fsp3) is 0.538. The van der Waals surface area contributed by atoms with Crippen LogP contribution in [0.3, 0.4) is 0 Å². The Hall–Kier alpha value is -0.950. The molecule has 2 N–H and O–H groups in total. The van der Waals surface area contributed by atoms with Crippen LogP contribution in [0.4, 0.5) is 0 Å². The van der Waals surface area contributed by atoms with Crippen LogP contribution in [0.2, 0.25) is 0 Å². The Morgan fingerprint density at radius 2 is 2.05 bits per heavy atom. The summed E-state index contributed by atoms with van der Waals surface area (Å²) in [5.41, 5.74) is 0. The third-order valence-corrected chi connectivity index (χ3v) is 5.38. The van der Waals surface area contributed by atoms with E-state index in [-0.39, 0.29) is 35.7 Å². The zero-order chi connectivity index (χ0) is 13.5.